The van der Waals surface area contributed by atoms with Crippen LogP contribution >= 0.6 is 22.9 Å². The zero-order valence-electron chi connectivity index (χ0n) is 11.8. The molecule has 0 aliphatic carbocycles. The van der Waals surface area contributed by atoms with E-state index < -0.39 is 0 Å². The van der Waals surface area contributed by atoms with Gasteiger partial charge >= 0.3 is 0 Å². The molecule has 2 aromatic heterocycles. The molecular formula is C17H17ClN2S. The molecule has 108 valence electrons. The van der Waals surface area contributed by atoms with Gasteiger partial charge in [-0.1, -0.05) is 36.7 Å². The molecule has 4 heteroatoms. The fourth-order valence-electron chi connectivity index (χ4n) is 2.54. The van der Waals surface area contributed by atoms with Gasteiger partial charge in [0.05, 0.1) is 11.1 Å². The average molecular weight is 317 g/mol. The summed E-state index contributed by atoms with van der Waals surface area (Å²) in [6, 6.07) is 10.5. The van der Waals surface area contributed by atoms with E-state index in [0.717, 1.165) is 23.4 Å². The van der Waals surface area contributed by atoms with Gasteiger partial charge in [-0.25, -0.2) is 0 Å². The average Bonchev–Trinajstić information content (AvgIpc) is 2.94. The monoisotopic (exact) mass is 316 g/mol. The van der Waals surface area contributed by atoms with Crippen molar-refractivity contribution in [2.45, 2.75) is 19.4 Å². The van der Waals surface area contributed by atoms with Crippen molar-refractivity contribution >= 4 is 33.7 Å². The molecule has 0 aliphatic heterocycles. The predicted molar refractivity (Wildman–Crippen MR) is 91.2 cm³/mol. The summed E-state index contributed by atoms with van der Waals surface area (Å²) in [7, 11) is 0. The topological polar surface area (TPSA) is 24.9 Å². The highest BCUT2D eigenvalue weighted by atomic mass is 35.5. The second-order valence-corrected chi connectivity index (χ2v) is 6.32. The number of fused-ring (bicyclic) bond motifs is 1. The minimum atomic E-state index is 0.128. The van der Waals surface area contributed by atoms with Crippen molar-refractivity contribution in [1.29, 1.82) is 0 Å². The molecule has 1 N–H and O–H groups in total. The van der Waals surface area contributed by atoms with Gasteiger partial charge in [0.2, 0.25) is 0 Å². The summed E-state index contributed by atoms with van der Waals surface area (Å²) in [5.41, 5.74) is 1.26. The molecule has 21 heavy (non-hydrogen) atoms. The van der Waals surface area contributed by atoms with Gasteiger partial charge in [-0.3, -0.25) is 4.98 Å². The molecule has 2 heterocycles. The third kappa shape index (κ3) is 2.95. The molecule has 0 fully saturated rings. The minimum absolute atomic E-state index is 0.128. The fraction of sp³-hybridized carbons (Fsp3) is 0.235. The Morgan fingerprint density at radius 3 is 2.95 bits per heavy atom. The van der Waals surface area contributed by atoms with Crippen LogP contribution in [0.2, 0.25) is 5.02 Å². The molecular weight excluding hydrogens is 300 g/mol. The molecule has 1 atom stereocenters. The van der Waals surface area contributed by atoms with E-state index in [4.69, 9.17) is 11.6 Å². The molecule has 0 amide bonds. The largest absolute Gasteiger partial charge is 0.306 e. The van der Waals surface area contributed by atoms with E-state index in [-0.39, 0.29) is 6.04 Å². The van der Waals surface area contributed by atoms with Gasteiger partial charge < -0.3 is 5.32 Å². The molecule has 3 rings (SSSR count). The lowest BCUT2D eigenvalue weighted by Crippen LogP contribution is -2.22. The third-order valence-electron chi connectivity index (χ3n) is 3.53. The van der Waals surface area contributed by atoms with Crippen LogP contribution in [0.4, 0.5) is 0 Å². The second kappa shape index (κ2) is 6.56. The Labute approximate surface area is 133 Å². The second-order valence-electron chi connectivity index (χ2n) is 4.96. The molecule has 0 aliphatic rings. The molecule has 0 saturated carbocycles. The maximum absolute atomic E-state index is 6.37. The summed E-state index contributed by atoms with van der Waals surface area (Å²) >= 11 is 8.07. The normalized spacial score (nSPS) is 12.7. The van der Waals surface area contributed by atoms with Crippen LogP contribution in [-0.2, 0) is 0 Å². The van der Waals surface area contributed by atoms with Crippen LogP contribution in [0.25, 0.3) is 10.8 Å². The molecule has 1 aromatic carbocycles. The van der Waals surface area contributed by atoms with Gasteiger partial charge in [0.15, 0.2) is 0 Å². The van der Waals surface area contributed by atoms with Gasteiger partial charge in [0.1, 0.15) is 0 Å². The number of thiophene rings is 1. The minimum Gasteiger partial charge on any atom is -0.306 e. The Bertz CT molecular complexity index is 733. The van der Waals surface area contributed by atoms with Gasteiger partial charge in [0.25, 0.3) is 0 Å². The summed E-state index contributed by atoms with van der Waals surface area (Å²) in [6.07, 6.45) is 4.84. The predicted octanol–water partition coefficient (Wildman–Crippen LogP) is 5.04. The standard InChI is InChI=1S/C17H17ClN2S/c1-2-8-20-16(17-15(18)7-10-21-17)14-5-3-4-12-11-19-9-6-13(12)14/h3-7,9-11,16,20H,2,8H2,1H3. The van der Waals surface area contributed by atoms with E-state index in [2.05, 4.69) is 41.5 Å². The number of rotatable bonds is 5. The third-order valence-corrected chi connectivity index (χ3v) is 4.95. The highest BCUT2D eigenvalue weighted by Gasteiger charge is 2.19. The Hall–Kier alpha value is -1.42. The van der Waals surface area contributed by atoms with E-state index in [1.54, 1.807) is 11.3 Å². The fourth-order valence-corrected chi connectivity index (χ4v) is 3.80. The first-order valence-electron chi connectivity index (χ1n) is 7.10. The van der Waals surface area contributed by atoms with E-state index in [0.29, 0.717) is 0 Å². The lowest BCUT2D eigenvalue weighted by atomic mass is 9.98. The highest BCUT2D eigenvalue weighted by Crippen LogP contribution is 2.35. The highest BCUT2D eigenvalue weighted by molar-refractivity contribution is 7.10. The van der Waals surface area contributed by atoms with Gasteiger partial charge in [-0.2, -0.15) is 0 Å². The van der Waals surface area contributed by atoms with Crippen molar-refractivity contribution in [3.05, 3.63) is 63.6 Å². The first-order valence-corrected chi connectivity index (χ1v) is 8.36. The quantitative estimate of drug-likeness (QED) is 0.713. The first-order chi connectivity index (χ1) is 10.3. The molecule has 3 aromatic rings. The maximum atomic E-state index is 6.37. The number of aromatic nitrogens is 1. The lowest BCUT2D eigenvalue weighted by molar-refractivity contribution is 0.609. The van der Waals surface area contributed by atoms with Gasteiger partial charge in [-0.15, -0.1) is 11.3 Å². The van der Waals surface area contributed by atoms with Crippen LogP contribution in [0.1, 0.15) is 29.8 Å². The maximum Gasteiger partial charge on any atom is 0.0692 e. The summed E-state index contributed by atoms with van der Waals surface area (Å²) in [5, 5.41) is 8.89. The van der Waals surface area contributed by atoms with Crippen molar-refractivity contribution in [2.24, 2.45) is 0 Å². The van der Waals surface area contributed by atoms with Gasteiger partial charge in [0, 0.05) is 22.7 Å². The van der Waals surface area contributed by atoms with Crippen LogP contribution in [0.15, 0.2) is 48.1 Å². The SMILES string of the molecule is CCCNC(c1sccc1Cl)c1cccc2cnccc12. The summed E-state index contributed by atoms with van der Waals surface area (Å²) in [4.78, 5) is 5.39. The summed E-state index contributed by atoms with van der Waals surface area (Å²) < 4.78 is 0. The zero-order chi connectivity index (χ0) is 14.7. The summed E-state index contributed by atoms with van der Waals surface area (Å²) in [5.74, 6) is 0. The molecule has 0 radical (unpaired) electrons. The Balaban J connectivity index is 2.12. The van der Waals surface area contributed by atoms with Crippen molar-refractivity contribution in [3.63, 3.8) is 0 Å². The van der Waals surface area contributed by atoms with Crippen molar-refractivity contribution in [1.82, 2.24) is 10.3 Å². The van der Waals surface area contributed by atoms with Crippen LogP contribution in [-0.4, -0.2) is 11.5 Å². The molecule has 1 unspecified atom stereocenters. The Kier molecular flexibility index (Phi) is 4.54. The number of pyridine rings is 1. The number of hydrogen-bond donors (Lipinski definition) is 1. The molecule has 0 bridgehead atoms. The number of nitrogens with one attached hydrogen (secondary N) is 1. The van der Waals surface area contributed by atoms with Crippen molar-refractivity contribution < 1.29 is 0 Å². The van der Waals surface area contributed by atoms with E-state index in [9.17, 15) is 0 Å². The first kappa shape index (κ1) is 14.5. The van der Waals surface area contributed by atoms with E-state index >= 15 is 0 Å². The summed E-state index contributed by atoms with van der Waals surface area (Å²) in [6.45, 7) is 3.13. The van der Waals surface area contributed by atoms with E-state index in [1.165, 1.54) is 15.8 Å². The molecule has 0 saturated heterocycles. The van der Waals surface area contributed by atoms with Crippen LogP contribution in [0.5, 0.6) is 0 Å². The molecule has 0 spiro atoms. The zero-order valence-corrected chi connectivity index (χ0v) is 13.4. The van der Waals surface area contributed by atoms with Crippen LogP contribution < -0.4 is 5.32 Å². The van der Waals surface area contributed by atoms with Crippen molar-refractivity contribution in [2.75, 3.05) is 6.54 Å². The van der Waals surface area contributed by atoms with Crippen LogP contribution in [0, 0.1) is 0 Å². The number of benzene rings is 1. The Morgan fingerprint density at radius 1 is 1.29 bits per heavy atom. The smallest absolute Gasteiger partial charge is 0.0692 e. The molecule has 2 nitrogen and oxygen atoms in total. The lowest BCUT2D eigenvalue weighted by Gasteiger charge is -2.20. The van der Waals surface area contributed by atoms with Gasteiger partial charge in [-0.05, 0) is 41.4 Å². The Morgan fingerprint density at radius 2 is 2.19 bits per heavy atom. The number of nitrogens with zero attached hydrogens (tertiary/aromatic N) is 1. The van der Waals surface area contributed by atoms with Crippen LogP contribution in [0.3, 0.4) is 0 Å². The van der Waals surface area contributed by atoms with Crippen molar-refractivity contribution in [3.8, 4) is 0 Å². The van der Waals surface area contributed by atoms with E-state index in [1.807, 2.05) is 23.8 Å². The number of halogens is 1. The number of hydrogen-bond acceptors (Lipinski definition) is 3.